The first-order chi connectivity index (χ1) is 12.4. The van der Waals surface area contributed by atoms with Crippen molar-refractivity contribution in [3.8, 4) is 6.07 Å². The zero-order chi connectivity index (χ0) is 18.3. The number of benzene rings is 1. The molecule has 1 aromatic rings. The highest BCUT2D eigenvalue weighted by Crippen LogP contribution is 2.64. The lowest BCUT2D eigenvalue weighted by Crippen LogP contribution is -2.49. The summed E-state index contributed by atoms with van der Waals surface area (Å²) in [6.45, 7) is 2.38. The van der Waals surface area contributed by atoms with Gasteiger partial charge in [0.1, 0.15) is 17.9 Å². The Labute approximate surface area is 156 Å². The van der Waals surface area contributed by atoms with Crippen molar-refractivity contribution in [2.45, 2.75) is 49.7 Å². The van der Waals surface area contributed by atoms with Crippen LogP contribution >= 0.6 is 11.6 Å². The Kier molecular flexibility index (Phi) is 3.31. The van der Waals surface area contributed by atoms with Gasteiger partial charge in [0.25, 0.3) is 0 Å². The minimum absolute atomic E-state index is 0.106. The van der Waals surface area contributed by atoms with Crippen molar-refractivity contribution in [1.82, 2.24) is 0 Å². The molecule has 4 saturated heterocycles. The molecule has 4 fully saturated rings. The molecule has 6 atom stereocenters. The average Bonchev–Trinajstić information content (AvgIpc) is 3.08. The molecule has 4 heterocycles. The second-order valence-electron chi connectivity index (χ2n) is 7.92. The molecule has 0 saturated carbocycles. The van der Waals surface area contributed by atoms with Crippen LogP contribution in [0.4, 0.5) is 5.69 Å². The van der Waals surface area contributed by atoms with Crippen LogP contribution in [0.2, 0.25) is 5.02 Å². The van der Waals surface area contributed by atoms with Gasteiger partial charge < -0.3 is 14.6 Å². The van der Waals surface area contributed by atoms with Crippen molar-refractivity contribution < 1.29 is 19.4 Å². The first-order valence-corrected chi connectivity index (χ1v) is 9.32. The fraction of sp³-hybridized carbons (Fsp3) is 0.579. The van der Waals surface area contributed by atoms with E-state index in [1.807, 2.05) is 13.0 Å². The van der Waals surface area contributed by atoms with Gasteiger partial charge in [-0.25, -0.2) is 0 Å². The fourth-order valence-electron chi connectivity index (χ4n) is 5.56. The molecule has 0 aromatic heterocycles. The molecule has 2 bridgehead atoms. The van der Waals surface area contributed by atoms with Crippen LogP contribution in [0, 0.1) is 23.2 Å². The summed E-state index contributed by atoms with van der Waals surface area (Å²) in [5, 5.41) is 20.0. The summed E-state index contributed by atoms with van der Waals surface area (Å²) in [5.41, 5.74) is -0.411. The van der Waals surface area contributed by atoms with Crippen LogP contribution in [0.5, 0.6) is 0 Å². The predicted molar refractivity (Wildman–Crippen MR) is 92.5 cm³/mol. The molecule has 1 N–H and O–H groups in total. The van der Waals surface area contributed by atoms with E-state index in [1.165, 1.54) is 0 Å². The minimum Gasteiger partial charge on any atom is -0.390 e. The van der Waals surface area contributed by atoms with Crippen LogP contribution in [0.25, 0.3) is 0 Å². The number of aliphatic hydroxyl groups is 1. The third-order valence-electron chi connectivity index (χ3n) is 6.66. The van der Waals surface area contributed by atoms with Crippen LogP contribution in [-0.2, 0) is 14.3 Å². The number of hydrogen-bond acceptors (Lipinski definition) is 5. The molecule has 0 aliphatic carbocycles. The van der Waals surface area contributed by atoms with E-state index in [-0.39, 0.29) is 11.8 Å². The van der Waals surface area contributed by atoms with E-state index in [4.69, 9.17) is 26.3 Å². The van der Waals surface area contributed by atoms with Gasteiger partial charge >= 0.3 is 0 Å². The molecule has 0 radical (unpaired) electrons. The topological polar surface area (TPSA) is 82.8 Å². The third-order valence-corrected chi connectivity index (χ3v) is 6.97. The van der Waals surface area contributed by atoms with Crippen molar-refractivity contribution >= 4 is 23.2 Å². The third kappa shape index (κ3) is 1.84. The average molecular weight is 375 g/mol. The molecule has 5 rings (SSSR count). The quantitative estimate of drug-likeness (QED) is 0.815. The van der Waals surface area contributed by atoms with Crippen molar-refractivity contribution in [3.05, 3.63) is 28.8 Å². The lowest BCUT2D eigenvalue weighted by atomic mass is 9.65. The van der Waals surface area contributed by atoms with Crippen molar-refractivity contribution in [3.63, 3.8) is 0 Å². The molecule has 2 unspecified atom stereocenters. The second kappa shape index (κ2) is 5.20. The number of aliphatic hydroxyl groups excluding tert-OH is 1. The predicted octanol–water partition coefficient (Wildman–Crippen LogP) is 2.22. The van der Waals surface area contributed by atoms with Gasteiger partial charge in [0.15, 0.2) is 0 Å². The number of fused-ring (bicyclic) bond motifs is 2. The molecule has 136 valence electrons. The van der Waals surface area contributed by atoms with Crippen LogP contribution in [0.1, 0.15) is 31.7 Å². The smallest absolute Gasteiger partial charge is 0.235 e. The fourth-order valence-corrected chi connectivity index (χ4v) is 5.78. The Hall–Kier alpha value is -1.65. The summed E-state index contributed by atoms with van der Waals surface area (Å²) in [4.78, 5) is 15.0. The Balaban J connectivity index is 1.63. The molecule has 1 spiro atoms. The van der Waals surface area contributed by atoms with Gasteiger partial charge in [0.2, 0.25) is 5.91 Å². The Morgan fingerprint density at radius 1 is 1.46 bits per heavy atom. The Morgan fingerprint density at radius 3 is 3.00 bits per heavy atom. The van der Waals surface area contributed by atoms with Gasteiger partial charge in [0.05, 0.1) is 28.2 Å². The van der Waals surface area contributed by atoms with Gasteiger partial charge in [-0.05, 0) is 38.0 Å². The highest BCUT2D eigenvalue weighted by molar-refractivity contribution is 6.32. The zero-order valence-electron chi connectivity index (χ0n) is 14.3. The van der Waals surface area contributed by atoms with Gasteiger partial charge in [-0.1, -0.05) is 11.6 Å². The maximum absolute atomic E-state index is 13.4. The van der Waals surface area contributed by atoms with Gasteiger partial charge in [-0.15, -0.1) is 0 Å². The number of nitriles is 1. The maximum atomic E-state index is 13.4. The summed E-state index contributed by atoms with van der Waals surface area (Å²) in [7, 11) is 0. The van der Waals surface area contributed by atoms with Crippen LogP contribution in [-0.4, -0.2) is 41.2 Å². The second-order valence-corrected chi connectivity index (χ2v) is 8.33. The van der Waals surface area contributed by atoms with E-state index in [0.29, 0.717) is 29.3 Å². The van der Waals surface area contributed by atoms with E-state index in [0.717, 1.165) is 12.8 Å². The highest BCUT2D eigenvalue weighted by Gasteiger charge is 2.77. The monoisotopic (exact) mass is 374 g/mol. The largest absolute Gasteiger partial charge is 0.390 e. The standard InChI is InChI=1S/C19H19ClN2O4/c1-18-13(23)8-19(26-18)5-2-6-25-17-15(19)14(18)16(24)22(17)11-4-3-10(9-21)12(20)7-11/h3-4,7,13-15,17,23H,2,5-6,8H2,1H3/t13-,14?,15?,17+,18-,19+/m0/s1. The van der Waals surface area contributed by atoms with Crippen LogP contribution in [0.15, 0.2) is 18.2 Å². The molecular formula is C19H19ClN2O4. The van der Waals surface area contributed by atoms with Crippen molar-refractivity contribution in [2.75, 3.05) is 11.5 Å². The highest BCUT2D eigenvalue weighted by atomic mass is 35.5. The lowest BCUT2D eigenvalue weighted by Gasteiger charge is -2.35. The number of halogens is 1. The molecule has 1 amide bonds. The molecular weight excluding hydrogens is 356 g/mol. The normalized spacial score (nSPS) is 43.3. The number of amides is 1. The van der Waals surface area contributed by atoms with Crippen molar-refractivity contribution in [1.29, 1.82) is 5.26 Å². The number of anilines is 1. The maximum Gasteiger partial charge on any atom is 0.235 e. The van der Waals surface area contributed by atoms with Gasteiger partial charge in [-0.2, -0.15) is 5.26 Å². The van der Waals surface area contributed by atoms with Crippen molar-refractivity contribution in [2.24, 2.45) is 11.8 Å². The molecule has 1 aromatic carbocycles. The van der Waals surface area contributed by atoms with E-state index in [9.17, 15) is 9.90 Å². The number of carbonyl (C=O) groups excluding carboxylic acids is 1. The first-order valence-electron chi connectivity index (χ1n) is 8.94. The number of ether oxygens (including phenoxy) is 2. The van der Waals surface area contributed by atoms with Crippen LogP contribution < -0.4 is 4.90 Å². The first kappa shape index (κ1) is 16.5. The van der Waals surface area contributed by atoms with E-state index in [2.05, 4.69) is 0 Å². The van der Waals surface area contributed by atoms with Gasteiger partial charge in [0, 0.05) is 24.6 Å². The molecule has 7 heteroatoms. The number of hydrogen-bond donors (Lipinski definition) is 1. The summed E-state index contributed by atoms with van der Waals surface area (Å²) in [5.74, 6) is -0.658. The summed E-state index contributed by atoms with van der Waals surface area (Å²) in [6, 6.07) is 7.02. The SMILES string of the molecule is C[C@@]12O[C@]3(CCCO[C@@H]4C3C1C(=O)N4c1ccc(C#N)c(Cl)c1)C[C@@H]2O. The number of rotatable bonds is 1. The summed E-state index contributed by atoms with van der Waals surface area (Å²) in [6.07, 6.45) is 1.06. The summed E-state index contributed by atoms with van der Waals surface area (Å²) >= 11 is 6.20. The minimum atomic E-state index is -0.883. The van der Waals surface area contributed by atoms with E-state index in [1.54, 1.807) is 23.1 Å². The molecule has 6 nitrogen and oxygen atoms in total. The van der Waals surface area contributed by atoms with Gasteiger partial charge in [-0.3, -0.25) is 9.69 Å². The lowest BCUT2D eigenvalue weighted by molar-refractivity contribution is -0.132. The van der Waals surface area contributed by atoms with E-state index >= 15 is 0 Å². The molecule has 26 heavy (non-hydrogen) atoms. The Morgan fingerprint density at radius 2 is 2.27 bits per heavy atom. The Bertz CT molecular complexity index is 854. The summed E-state index contributed by atoms with van der Waals surface area (Å²) < 4.78 is 12.5. The number of carbonyl (C=O) groups is 1. The molecule has 4 aliphatic rings. The van der Waals surface area contributed by atoms with E-state index < -0.39 is 29.5 Å². The molecule has 4 aliphatic heterocycles. The van der Waals surface area contributed by atoms with Crippen LogP contribution in [0.3, 0.4) is 0 Å². The zero-order valence-corrected chi connectivity index (χ0v) is 15.1. The number of nitrogens with zero attached hydrogens (tertiary/aromatic N) is 2.